The number of alkyl halides is 33. The van der Waals surface area contributed by atoms with Gasteiger partial charge in [-0.15, -0.1) is 0 Å². The van der Waals surface area contributed by atoms with Crippen LogP contribution in [0.15, 0.2) is 85.1 Å². The largest absolute Gasteiger partial charge is 0.465 e. The summed E-state index contributed by atoms with van der Waals surface area (Å²) in [7, 11) is 0. The quantitative estimate of drug-likeness (QED) is 0.0169. The fourth-order valence-electron chi connectivity index (χ4n) is 21.0. The Bertz CT molecular complexity index is 4000. The lowest BCUT2D eigenvalue weighted by Gasteiger charge is -2.33. The first-order chi connectivity index (χ1) is 64.0. The number of halogens is 33. The van der Waals surface area contributed by atoms with E-state index in [4.69, 9.17) is 34.6 Å². The van der Waals surface area contributed by atoms with Crippen LogP contribution in [0.2, 0.25) is 0 Å². The number of carbonyl (C=O) groups excluding carboxylic acids is 2. The maximum absolute atomic E-state index is 13.6. The lowest BCUT2D eigenvalue weighted by molar-refractivity contribution is -0.378. The summed E-state index contributed by atoms with van der Waals surface area (Å²) in [6, 6.07) is 0. The van der Waals surface area contributed by atoms with Gasteiger partial charge in [0.1, 0.15) is 0 Å². The Morgan fingerprint density at radius 2 is 0.691 bits per heavy atom. The summed E-state index contributed by atoms with van der Waals surface area (Å²) in [5.41, 5.74) is -13.1. The van der Waals surface area contributed by atoms with E-state index in [0.717, 1.165) is 80.5 Å². The Balaban J connectivity index is 0.000000203. The van der Waals surface area contributed by atoms with Crippen LogP contribution < -0.4 is 0 Å². The van der Waals surface area contributed by atoms with Gasteiger partial charge in [0, 0.05) is 43.8 Å². The monoisotopic (exact) mass is 2070 g/mol. The Morgan fingerprint density at radius 1 is 0.353 bits per heavy atom. The molecule has 7 saturated carbocycles. The smallest absolute Gasteiger partial charge is 0.453 e. The van der Waals surface area contributed by atoms with Gasteiger partial charge in [-0.05, 0) is 223 Å². The molecule has 802 valence electrons. The zero-order valence-corrected chi connectivity index (χ0v) is 75.9. The highest BCUT2D eigenvalue weighted by molar-refractivity contribution is 5.74. The summed E-state index contributed by atoms with van der Waals surface area (Å²) in [6.45, 7) is -4.91. The molecule has 0 aliphatic heterocycles. The molecule has 14 rings (SSSR count). The fraction of sp³-hybridized carbons (Fsp3) is 0.828. The number of unbranched alkanes of at least 4 members (excludes halogenated alkanes) is 1. The second-order valence-corrected chi connectivity index (χ2v) is 39.8. The maximum Gasteiger partial charge on any atom is 0.453 e. The molecule has 0 aromatic carbocycles. The molecule has 0 amide bonds. The topological polar surface area (TPSA) is 191 Å². The second kappa shape index (κ2) is 48.0. The van der Waals surface area contributed by atoms with E-state index in [1.807, 2.05) is 30.4 Å². The number of fused-ring (bicyclic) bond motifs is 14. The van der Waals surface area contributed by atoms with Crippen molar-refractivity contribution in [2.45, 2.75) is 264 Å². The number of allylic oxidation sites excluding steroid dienone is 14. The van der Waals surface area contributed by atoms with Crippen LogP contribution in [0, 0.1) is 136 Å². The van der Waals surface area contributed by atoms with Gasteiger partial charge in [-0.3, -0.25) is 9.59 Å². The Hall–Kier alpha value is -5.55. The molecule has 0 aromatic rings. The summed E-state index contributed by atoms with van der Waals surface area (Å²) in [5, 5.41) is 45.4. The number of aliphatic hydroxyl groups is 5. The number of hydrogen-bond acceptors (Lipinski definition) is 13. The first-order valence-electron chi connectivity index (χ1n) is 46.4. The lowest BCUT2D eigenvalue weighted by atomic mass is 9.85. The first kappa shape index (κ1) is 119. The van der Waals surface area contributed by atoms with Gasteiger partial charge < -0.3 is 54.0 Å². The fourth-order valence-corrected chi connectivity index (χ4v) is 21.0. The van der Waals surface area contributed by atoms with Crippen LogP contribution in [0.4, 0.5) is 145 Å². The van der Waals surface area contributed by atoms with E-state index in [9.17, 15) is 160 Å². The van der Waals surface area contributed by atoms with Crippen molar-refractivity contribution >= 4 is 11.9 Å². The molecule has 0 saturated heterocycles. The Kier molecular flexibility index (Phi) is 40.9. The van der Waals surface area contributed by atoms with Crippen LogP contribution in [-0.4, -0.2) is 213 Å². The molecule has 13 nitrogen and oxygen atoms in total. The predicted octanol–water partition coefficient (Wildman–Crippen LogP) is 24.3. The Morgan fingerprint density at radius 3 is 1.02 bits per heavy atom. The van der Waals surface area contributed by atoms with Crippen molar-refractivity contribution in [1.82, 2.24) is 0 Å². The third-order valence-corrected chi connectivity index (χ3v) is 28.9. The van der Waals surface area contributed by atoms with Crippen molar-refractivity contribution < 1.29 is 208 Å². The molecule has 14 aliphatic carbocycles. The van der Waals surface area contributed by atoms with Gasteiger partial charge in [0.2, 0.25) is 6.43 Å². The van der Waals surface area contributed by atoms with E-state index in [-0.39, 0.29) is 80.0 Å². The third kappa shape index (κ3) is 33.0. The van der Waals surface area contributed by atoms with Crippen molar-refractivity contribution in [3.63, 3.8) is 0 Å². The molecule has 0 spiro atoms. The molecule has 46 heteroatoms. The van der Waals surface area contributed by atoms with Crippen molar-refractivity contribution in [2.24, 2.45) is 136 Å². The van der Waals surface area contributed by atoms with E-state index in [1.54, 1.807) is 6.08 Å². The minimum Gasteiger partial charge on any atom is -0.465 e. The number of ether oxygens (including phenoxy) is 6. The first-order valence-corrected chi connectivity index (χ1v) is 46.4. The van der Waals surface area contributed by atoms with E-state index in [1.165, 1.54) is 51.0 Å². The van der Waals surface area contributed by atoms with Gasteiger partial charge in [-0.2, -0.15) is 110 Å². The molecule has 0 aromatic heterocycles. The van der Waals surface area contributed by atoms with Crippen LogP contribution in [0.25, 0.3) is 0 Å². The molecule has 14 bridgehead atoms. The molecule has 0 radical (unpaired) electrons. The van der Waals surface area contributed by atoms with Gasteiger partial charge in [-0.1, -0.05) is 105 Å². The highest BCUT2D eigenvalue weighted by Crippen LogP contribution is 2.57. The van der Waals surface area contributed by atoms with E-state index in [2.05, 4.69) is 63.7 Å². The predicted molar refractivity (Wildman–Crippen MR) is 434 cm³/mol. The zero-order chi connectivity index (χ0) is 104. The molecule has 0 heterocycles. The number of esters is 2. The van der Waals surface area contributed by atoms with Crippen molar-refractivity contribution in [3.8, 4) is 0 Å². The van der Waals surface area contributed by atoms with Gasteiger partial charge >= 0.3 is 67.0 Å². The average Bonchev–Trinajstić information content (AvgIpc) is 1.66. The molecule has 5 N–H and O–H groups in total. The number of rotatable bonds is 39. The third-order valence-electron chi connectivity index (χ3n) is 28.9. The van der Waals surface area contributed by atoms with Gasteiger partial charge in [0.05, 0.1) is 97.2 Å². The Labute approximate surface area is 782 Å². The normalized spacial score (nSPS) is 30.2. The molecule has 7 fully saturated rings. The van der Waals surface area contributed by atoms with E-state index >= 15 is 0 Å². The van der Waals surface area contributed by atoms with Crippen LogP contribution in [0.3, 0.4) is 0 Å². The molecular formula is C93H121F33O13. The SMILES string of the molecule is CC(O)(COCC(COCC(O)(C(F)(F)F)C(F)(F)F)CC1CC2C=CC1C2)C(F)(F)F.CCCCC1CC2C=CC1C2.FC(F)(CC(F)(F)C(F)(F)F)C1CC2C=CC1C2.O=C(OCCC(F)(F)CC(F)(F)C(F)(F)F)C1CC2C=CC1C2.O=C(OCCC(F)(F)CC(F)F)C1CC2C=CC1C2.OC(COCCOCC1CC2C=CC1C2)(C(F)(F)F)C(F)(F)F.OCC(CO)CC1CC2C=CC1C2. The summed E-state index contributed by atoms with van der Waals surface area (Å²) < 4.78 is 443. The van der Waals surface area contributed by atoms with Crippen molar-refractivity contribution in [2.75, 3.05) is 79.3 Å². The molecule has 23 unspecified atom stereocenters. The van der Waals surface area contributed by atoms with Gasteiger partial charge in [-0.25, -0.2) is 35.1 Å². The van der Waals surface area contributed by atoms with Crippen LogP contribution in [-0.2, 0) is 38.0 Å². The van der Waals surface area contributed by atoms with Crippen molar-refractivity contribution in [1.29, 1.82) is 0 Å². The molecule has 23 atom stereocenters. The molecule has 14 aliphatic rings. The minimum atomic E-state index is -6.04. The summed E-state index contributed by atoms with van der Waals surface area (Å²) in [5.74, 6) is -19.4. The number of carbonyl (C=O) groups is 2. The summed E-state index contributed by atoms with van der Waals surface area (Å²) >= 11 is 0. The summed E-state index contributed by atoms with van der Waals surface area (Å²) in [6.07, 6.45) is -5.67. The van der Waals surface area contributed by atoms with Crippen LogP contribution in [0.5, 0.6) is 0 Å². The van der Waals surface area contributed by atoms with E-state index in [0.29, 0.717) is 62.4 Å². The molecular weight excluding hydrogens is 1950 g/mol. The summed E-state index contributed by atoms with van der Waals surface area (Å²) in [4.78, 5) is 23.4. The average molecular weight is 2070 g/mol. The maximum atomic E-state index is 13.6. The highest BCUT2D eigenvalue weighted by Gasteiger charge is 2.73. The van der Waals surface area contributed by atoms with Crippen LogP contribution in [0.1, 0.15) is 168 Å². The number of hydrogen-bond donors (Lipinski definition) is 5. The molecule has 139 heavy (non-hydrogen) atoms. The zero-order valence-electron chi connectivity index (χ0n) is 75.9. The van der Waals surface area contributed by atoms with E-state index < -0.39 is 217 Å². The van der Waals surface area contributed by atoms with Gasteiger partial charge in [0.15, 0.2) is 5.60 Å². The van der Waals surface area contributed by atoms with Crippen LogP contribution >= 0.6 is 0 Å². The second-order valence-electron chi connectivity index (χ2n) is 39.8. The van der Waals surface area contributed by atoms with Gasteiger partial charge in [0.25, 0.3) is 29.0 Å². The number of aliphatic hydroxyl groups excluding tert-OH is 2. The highest BCUT2D eigenvalue weighted by atomic mass is 19.5. The lowest BCUT2D eigenvalue weighted by Crippen LogP contribution is -2.60. The standard InChI is InChI=1S/C19H25F9O4.C14H15F7O2.C14H18F6O3.C13H16F4O2.C11H11F7.C11H18O2.C11H18/c1-15(29,17(20,21)22)9-31-7-12(6-14-5-11-2-3-13(14)4-11)8-32-10-16(30,18(23,24)25)19(26,27)28;15-12(16,7-13(17,18)14(19,20)21)3-4-23-11(22)10-6-8-1-2-9(10)5-8;15-13(16,17)12(21,14(18,19)20)8-23-4-3-22-7-11-6-9-1-2-10(11)5-9;14-11(15)7-13(16,17)3-4-19-12(18)10-6-8-1-2-9(10)5-8;12-9(13,5-10(14,15)11(16,17)18)8-4-6-1-2-7(8)3-6;12-6-9(7-13)5-11-4-8-1-2-10(11)3-8;1-2-3-4-10-7-9-5-6-11(10)8-9/h2-3,11-14,29-30H,4-10H2,1H3;1-2,8-10H,3-7H2;1-2,9-11,21H,3-8H2;1-2,8-11H,3-7H2;1-2,6-8H,3-5H2;1-2,8-13H,3-7H2;5-6,9-11H,2-4,7-8H2,1H3. The minimum absolute atomic E-state index is 0.0115. The van der Waals surface area contributed by atoms with Crippen molar-refractivity contribution in [3.05, 3.63) is 85.1 Å².